The molecule has 3 nitrogen and oxygen atoms in total. The van der Waals surface area contributed by atoms with E-state index in [0.717, 1.165) is 49.7 Å². The molecular weight excluding hydrogens is 246 g/mol. The largest absolute Gasteiger partial charge is 0.389 e. The molecule has 2 aliphatic rings. The van der Waals surface area contributed by atoms with Gasteiger partial charge in [-0.2, -0.15) is 0 Å². The fourth-order valence-corrected chi connectivity index (χ4v) is 4.43. The fraction of sp³-hybridized carbons (Fsp3) is 1.00. The van der Waals surface area contributed by atoms with Gasteiger partial charge in [0.15, 0.2) is 0 Å². The number of nitrogens with one attached hydrogen (secondary N) is 1. The second kappa shape index (κ2) is 6.49. The Morgan fingerprint density at radius 3 is 2.39 bits per heavy atom. The van der Waals surface area contributed by atoms with Gasteiger partial charge in [-0.25, -0.2) is 0 Å². The van der Waals surface area contributed by atoms with Crippen LogP contribution in [0.25, 0.3) is 0 Å². The first kappa shape index (κ1) is 14.5. The molecule has 18 heavy (non-hydrogen) atoms. The molecular formula is C14H27NO2S. The van der Waals surface area contributed by atoms with Gasteiger partial charge in [0, 0.05) is 34.9 Å². The maximum absolute atomic E-state index is 11.3. The van der Waals surface area contributed by atoms with Gasteiger partial charge in [-0.15, -0.1) is 0 Å². The molecule has 0 spiro atoms. The molecule has 1 saturated heterocycles. The van der Waals surface area contributed by atoms with Crippen LogP contribution in [0.15, 0.2) is 0 Å². The smallest absolute Gasteiger partial charge is 0.0771 e. The number of hydrogen-bond acceptors (Lipinski definition) is 3. The second-order valence-corrected chi connectivity index (χ2v) is 7.78. The lowest BCUT2D eigenvalue weighted by Gasteiger charge is -2.37. The molecule has 1 saturated carbocycles. The second-order valence-electron chi connectivity index (χ2n) is 6.08. The Morgan fingerprint density at radius 2 is 1.83 bits per heavy atom. The van der Waals surface area contributed by atoms with E-state index in [1.807, 2.05) is 0 Å². The topological polar surface area (TPSA) is 49.3 Å². The Labute approximate surface area is 113 Å². The quantitative estimate of drug-likeness (QED) is 0.821. The first-order chi connectivity index (χ1) is 8.61. The van der Waals surface area contributed by atoms with Crippen LogP contribution in [0.5, 0.6) is 0 Å². The van der Waals surface area contributed by atoms with Crippen LogP contribution in [-0.2, 0) is 10.8 Å². The Kier molecular flexibility index (Phi) is 5.22. The predicted molar refractivity (Wildman–Crippen MR) is 76.1 cm³/mol. The lowest BCUT2D eigenvalue weighted by molar-refractivity contribution is -0.0108. The molecule has 0 bridgehead atoms. The van der Waals surface area contributed by atoms with Crippen molar-refractivity contribution in [1.82, 2.24) is 5.32 Å². The third kappa shape index (κ3) is 4.04. The molecule has 106 valence electrons. The zero-order valence-electron chi connectivity index (χ0n) is 11.5. The summed E-state index contributed by atoms with van der Waals surface area (Å²) < 4.78 is 11.3. The van der Waals surface area contributed by atoms with Crippen molar-refractivity contribution < 1.29 is 9.32 Å². The van der Waals surface area contributed by atoms with Crippen molar-refractivity contribution in [3.05, 3.63) is 0 Å². The Bertz CT molecular complexity index is 278. The summed E-state index contributed by atoms with van der Waals surface area (Å²) in [6, 6.07) is 0.468. The highest BCUT2D eigenvalue weighted by molar-refractivity contribution is 7.85. The molecule has 0 radical (unpaired) electrons. The van der Waals surface area contributed by atoms with Gasteiger partial charge in [0.25, 0.3) is 0 Å². The molecule has 0 aromatic rings. The van der Waals surface area contributed by atoms with Gasteiger partial charge in [0.2, 0.25) is 0 Å². The molecule has 2 rings (SSSR count). The fourth-order valence-electron chi connectivity index (χ4n) is 3.13. The van der Waals surface area contributed by atoms with Crippen molar-refractivity contribution >= 4 is 10.8 Å². The van der Waals surface area contributed by atoms with Crippen LogP contribution in [0.2, 0.25) is 0 Å². The van der Waals surface area contributed by atoms with E-state index in [2.05, 4.69) is 12.2 Å². The van der Waals surface area contributed by atoms with Crippen molar-refractivity contribution in [3.8, 4) is 0 Å². The number of aliphatic hydroxyl groups is 1. The Morgan fingerprint density at radius 1 is 1.22 bits per heavy atom. The summed E-state index contributed by atoms with van der Waals surface area (Å²) in [7, 11) is -0.588. The van der Waals surface area contributed by atoms with Gasteiger partial charge >= 0.3 is 0 Å². The maximum Gasteiger partial charge on any atom is 0.0771 e. The van der Waals surface area contributed by atoms with Crippen LogP contribution in [-0.4, -0.2) is 39.0 Å². The monoisotopic (exact) mass is 273 g/mol. The highest BCUT2D eigenvalue weighted by Gasteiger charge is 2.33. The van der Waals surface area contributed by atoms with E-state index in [0.29, 0.717) is 6.04 Å². The van der Waals surface area contributed by atoms with E-state index in [1.165, 1.54) is 19.3 Å². The standard InChI is InChI=1S/C14H27NO2S/c1-2-12-3-7-14(16,8-4-12)11-15-13-5-9-18(17)10-6-13/h12-13,15-16H,2-11H2,1H3. The Balaban J connectivity index is 1.71. The minimum Gasteiger partial charge on any atom is -0.389 e. The van der Waals surface area contributed by atoms with Gasteiger partial charge in [-0.3, -0.25) is 4.21 Å². The first-order valence-electron chi connectivity index (χ1n) is 7.42. The van der Waals surface area contributed by atoms with E-state index in [9.17, 15) is 9.32 Å². The molecule has 1 heterocycles. The zero-order valence-corrected chi connectivity index (χ0v) is 12.3. The number of hydrogen-bond donors (Lipinski definition) is 2. The minimum atomic E-state index is -0.588. The van der Waals surface area contributed by atoms with Gasteiger partial charge in [0.1, 0.15) is 0 Å². The average Bonchev–Trinajstić information content (AvgIpc) is 2.39. The maximum atomic E-state index is 11.3. The third-order valence-electron chi connectivity index (χ3n) is 4.72. The van der Waals surface area contributed by atoms with Gasteiger partial charge in [0.05, 0.1) is 5.60 Å². The lowest BCUT2D eigenvalue weighted by atomic mass is 9.77. The van der Waals surface area contributed by atoms with E-state index in [-0.39, 0.29) is 0 Å². The van der Waals surface area contributed by atoms with Gasteiger partial charge in [-0.1, -0.05) is 13.3 Å². The summed E-state index contributed by atoms with van der Waals surface area (Å²) in [6.07, 6.45) is 7.47. The van der Waals surface area contributed by atoms with Crippen molar-refractivity contribution in [2.45, 2.75) is 63.5 Å². The summed E-state index contributed by atoms with van der Waals surface area (Å²) in [5.74, 6) is 2.48. The lowest BCUT2D eigenvalue weighted by Crippen LogP contribution is -2.48. The van der Waals surface area contributed by atoms with Crippen molar-refractivity contribution in [2.24, 2.45) is 5.92 Å². The molecule has 1 aliphatic carbocycles. The molecule has 0 unspecified atom stereocenters. The zero-order chi connectivity index (χ0) is 13.0. The molecule has 4 heteroatoms. The van der Waals surface area contributed by atoms with Gasteiger partial charge < -0.3 is 10.4 Å². The predicted octanol–water partition coefficient (Wildman–Crippen LogP) is 1.82. The molecule has 2 fully saturated rings. The minimum absolute atomic E-state index is 0.468. The molecule has 0 aromatic carbocycles. The van der Waals surface area contributed by atoms with E-state index < -0.39 is 16.4 Å². The summed E-state index contributed by atoms with van der Waals surface area (Å²) >= 11 is 0. The molecule has 0 atom stereocenters. The van der Waals surface area contributed by atoms with Crippen molar-refractivity contribution in [2.75, 3.05) is 18.1 Å². The third-order valence-corrected chi connectivity index (χ3v) is 6.10. The van der Waals surface area contributed by atoms with Crippen LogP contribution in [0.4, 0.5) is 0 Å². The van der Waals surface area contributed by atoms with Crippen LogP contribution in [0.1, 0.15) is 51.9 Å². The highest BCUT2D eigenvalue weighted by Crippen LogP contribution is 2.33. The molecule has 0 amide bonds. The highest BCUT2D eigenvalue weighted by atomic mass is 32.2. The van der Waals surface area contributed by atoms with Crippen LogP contribution in [0.3, 0.4) is 0 Å². The van der Waals surface area contributed by atoms with E-state index in [4.69, 9.17) is 0 Å². The summed E-state index contributed by atoms with van der Waals surface area (Å²) in [6.45, 7) is 2.97. The van der Waals surface area contributed by atoms with Crippen molar-refractivity contribution in [1.29, 1.82) is 0 Å². The molecule has 2 N–H and O–H groups in total. The van der Waals surface area contributed by atoms with Crippen molar-refractivity contribution in [3.63, 3.8) is 0 Å². The van der Waals surface area contributed by atoms with Crippen LogP contribution in [0, 0.1) is 5.92 Å². The molecule has 1 aliphatic heterocycles. The SMILES string of the molecule is CCC1CCC(O)(CNC2CCS(=O)CC2)CC1. The summed E-state index contributed by atoms with van der Waals surface area (Å²) in [5, 5.41) is 14.0. The number of rotatable bonds is 4. The summed E-state index contributed by atoms with van der Waals surface area (Å²) in [4.78, 5) is 0. The Hall–Kier alpha value is 0.0700. The molecule has 0 aromatic heterocycles. The van der Waals surface area contributed by atoms with Crippen LogP contribution < -0.4 is 5.32 Å². The van der Waals surface area contributed by atoms with Gasteiger partial charge in [-0.05, 0) is 44.4 Å². The van der Waals surface area contributed by atoms with E-state index >= 15 is 0 Å². The van der Waals surface area contributed by atoms with Crippen LogP contribution >= 0.6 is 0 Å². The van der Waals surface area contributed by atoms with E-state index in [1.54, 1.807) is 0 Å². The normalized spacial score (nSPS) is 41.8. The average molecular weight is 273 g/mol. The summed E-state index contributed by atoms with van der Waals surface area (Å²) in [5.41, 5.74) is -0.484. The first-order valence-corrected chi connectivity index (χ1v) is 8.91.